The van der Waals surface area contributed by atoms with Gasteiger partial charge in [-0.15, -0.1) is 0 Å². The van der Waals surface area contributed by atoms with E-state index in [4.69, 9.17) is 5.84 Å². The summed E-state index contributed by atoms with van der Waals surface area (Å²) in [6.07, 6.45) is 1.11. The number of hydrogen-bond acceptors (Lipinski definition) is 8. The topological polar surface area (TPSA) is 148 Å². The molecule has 0 bridgehead atoms. The van der Waals surface area contributed by atoms with E-state index < -0.39 is 10.6 Å². The van der Waals surface area contributed by atoms with Gasteiger partial charge in [0.1, 0.15) is 6.33 Å². The van der Waals surface area contributed by atoms with Crippen molar-refractivity contribution >= 4 is 23.2 Å². The van der Waals surface area contributed by atoms with Gasteiger partial charge in [-0.1, -0.05) is 13.8 Å². The minimum atomic E-state index is -0.677. The van der Waals surface area contributed by atoms with Crippen LogP contribution in [-0.4, -0.2) is 33.9 Å². The maximum absolute atomic E-state index is 11.5. The lowest BCUT2D eigenvalue weighted by molar-refractivity contribution is -0.383. The number of hydrazine groups is 1. The fourth-order valence-electron chi connectivity index (χ4n) is 1.33. The lowest BCUT2D eigenvalue weighted by Gasteiger charge is -2.09. The van der Waals surface area contributed by atoms with Crippen LogP contribution in [0.5, 0.6) is 0 Å². The van der Waals surface area contributed by atoms with Crippen LogP contribution in [0.2, 0.25) is 0 Å². The van der Waals surface area contributed by atoms with Crippen LogP contribution < -0.4 is 21.9 Å². The van der Waals surface area contributed by atoms with Crippen molar-refractivity contribution in [3.8, 4) is 0 Å². The Morgan fingerprint density at radius 3 is 2.65 bits per heavy atom. The number of carbonyl (C=O) groups is 1. The van der Waals surface area contributed by atoms with Crippen LogP contribution in [0.15, 0.2) is 6.33 Å². The summed E-state index contributed by atoms with van der Waals surface area (Å²) in [7, 11) is 0. The zero-order valence-corrected chi connectivity index (χ0v) is 11.2. The van der Waals surface area contributed by atoms with Crippen molar-refractivity contribution in [2.45, 2.75) is 13.8 Å². The first-order valence-corrected chi connectivity index (χ1v) is 5.92. The van der Waals surface area contributed by atoms with E-state index >= 15 is 0 Å². The molecule has 1 amide bonds. The number of aromatic nitrogens is 2. The number of carbonyl (C=O) groups excluding carboxylic acids is 1. The molecule has 1 aromatic rings. The highest BCUT2D eigenvalue weighted by Gasteiger charge is 2.22. The number of rotatable bonds is 7. The van der Waals surface area contributed by atoms with Gasteiger partial charge in [-0.25, -0.2) is 15.8 Å². The van der Waals surface area contributed by atoms with Crippen molar-refractivity contribution in [1.29, 1.82) is 0 Å². The predicted octanol–water partition coefficient (Wildman–Crippen LogP) is -0.145. The molecule has 0 aliphatic rings. The molecule has 0 spiro atoms. The van der Waals surface area contributed by atoms with Crippen molar-refractivity contribution in [3.05, 3.63) is 16.4 Å². The summed E-state index contributed by atoms with van der Waals surface area (Å²) >= 11 is 0. The monoisotopic (exact) mass is 283 g/mol. The van der Waals surface area contributed by atoms with Crippen LogP contribution in [0.25, 0.3) is 0 Å². The van der Waals surface area contributed by atoms with Crippen molar-refractivity contribution in [2.75, 3.05) is 23.8 Å². The van der Waals surface area contributed by atoms with Crippen LogP contribution in [0.1, 0.15) is 13.8 Å². The fourth-order valence-corrected chi connectivity index (χ4v) is 1.33. The van der Waals surface area contributed by atoms with E-state index in [1.165, 1.54) is 0 Å². The molecule has 0 aliphatic carbocycles. The van der Waals surface area contributed by atoms with Gasteiger partial charge in [0.2, 0.25) is 17.5 Å². The first-order chi connectivity index (χ1) is 9.45. The normalized spacial score (nSPS) is 10.2. The van der Waals surface area contributed by atoms with Gasteiger partial charge < -0.3 is 16.1 Å². The molecule has 1 aromatic heterocycles. The van der Waals surface area contributed by atoms with Crippen molar-refractivity contribution in [1.82, 2.24) is 15.3 Å². The maximum atomic E-state index is 11.5. The SMILES string of the molecule is CC(C)CNC(=O)CNc1ncnc(NN)c1[N+](=O)[O-]. The zero-order valence-electron chi connectivity index (χ0n) is 11.2. The molecule has 5 N–H and O–H groups in total. The van der Waals surface area contributed by atoms with Gasteiger partial charge in [0.15, 0.2) is 0 Å². The minimum absolute atomic E-state index is 0.0716. The smallest absolute Gasteiger partial charge is 0.354 e. The van der Waals surface area contributed by atoms with E-state index in [2.05, 4.69) is 26.0 Å². The van der Waals surface area contributed by atoms with Crippen LogP contribution in [0, 0.1) is 16.0 Å². The molecule has 0 radical (unpaired) electrons. The number of nitro groups is 1. The molecule has 0 fully saturated rings. The van der Waals surface area contributed by atoms with Gasteiger partial charge in [-0.05, 0) is 5.92 Å². The predicted molar refractivity (Wildman–Crippen MR) is 72.8 cm³/mol. The number of nitrogens with two attached hydrogens (primary N) is 1. The van der Waals surface area contributed by atoms with Gasteiger partial charge in [0.25, 0.3) is 0 Å². The Hall–Kier alpha value is -2.49. The Morgan fingerprint density at radius 2 is 2.10 bits per heavy atom. The summed E-state index contributed by atoms with van der Waals surface area (Å²) in [5.74, 6) is 4.98. The third-order valence-electron chi connectivity index (χ3n) is 2.27. The number of anilines is 2. The van der Waals surface area contributed by atoms with Gasteiger partial charge in [0, 0.05) is 6.54 Å². The van der Waals surface area contributed by atoms with E-state index in [1.807, 2.05) is 13.8 Å². The van der Waals surface area contributed by atoms with Crippen molar-refractivity contribution < 1.29 is 9.72 Å². The third-order valence-corrected chi connectivity index (χ3v) is 2.27. The van der Waals surface area contributed by atoms with E-state index in [1.54, 1.807) is 0 Å². The number of amides is 1. The molecule has 10 heteroatoms. The van der Waals surface area contributed by atoms with E-state index in [9.17, 15) is 14.9 Å². The largest absolute Gasteiger partial charge is 0.355 e. The summed E-state index contributed by atoms with van der Waals surface area (Å²) in [5.41, 5.74) is 1.70. The van der Waals surface area contributed by atoms with E-state index in [0.29, 0.717) is 12.5 Å². The Morgan fingerprint density at radius 1 is 1.45 bits per heavy atom. The molecule has 0 saturated heterocycles. The molecule has 10 nitrogen and oxygen atoms in total. The standard InChI is InChI=1S/C10H17N7O3/c1-6(2)3-12-7(18)4-13-9-8(17(19)20)10(16-11)15-5-14-9/h5-6H,3-4,11H2,1-2H3,(H,12,18)(H2,13,14,15,16). The molecule has 1 heterocycles. The number of nitrogens with zero attached hydrogens (tertiary/aromatic N) is 3. The van der Waals surface area contributed by atoms with Crippen LogP contribution in [0.3, 0.4) is 0 Å². The van der Waals surface area contributed by atoms with Gasteiger partial charge in [-0.3, -0.25) is 14.9 Å². The average molecular weight is 283 g/mol. The minimum Gasteiger partial charge on any atom is -0.355 e. The fraction of sp³-hybridized carbons (Fsp3) is 0.500. The quantitative estimate of drug-likeness (QED) is 0.307. The summed E-state index contributed by atoms with van der Waals surface area (Å²) in [6, 6.07) is 0. The molecule has 0 unspecified atom stereocenters. The third kappa shape index (κ3) is 4.31. The lowest BCUT2D eigenvalue weighted by atomic mass is 10.2. The highest BCUT2D eigenvalue weighted by molar-refractivity contribution is 5.82. The Balaban J connectivity index is 2.73. The summed E-state index contributed by atoms with van der Waals surface area (Å²) < 4.78 is 0. The average Bonchev–Trinajstić information content (AvgIpc) is 2.41. The first-order valence-electron chi connectivity index (χ1n) is 5.92. The van der Waals surface area contributed by atoms with E-state index in [-0.39, 0.29) is 24.1 Å². The number of hydrogen-bond donors (Lipinski definition) is 4. The molecule has 20 heavy (non-hydrogen) atoms. The second-order valence-electron chi connectivity index (χ2n) is 4.37. The lowest BCUT2D eigenvalue weighted by Crippen LogP contribution is -2.32. The highest BCUT2D eigenvalue weighted by atomic mass is 16.6. The highest BCUT2D eigenvalue weighted by Crippen LogP contribution is 2.27. The van der Waals surface area contributed by atoms with Crippen molar-refractivity contribution in [2.24, 2.45) is 11.8 Å². The Bertz CT molecular complexity index is 492. The summed E-state index contributed by atoms with van der Waals surface area (Å²) in [4.78, 5) is 29.2. The molecular weight excluding hydrogens is 266 g/mol. The Kier molecular flexibility index (Phi) is 5.59. The number of nitrogens with one attached hydrogen (secondary N) is 3. The number of nitrogen functional groups attached to an aromatic ring is 1. The van der Waals surface area contributed by atoms with E-state index in [0.717, 1.165) is 6.33 Å². The molecule has 0 atom stereocenters. The summed E-state index contributed by atoms with van der Waals surface area (Å²) in [6.45, 7) is 4.32. The van der Waals surface area contributed by atoms with Gasteiger partial charge >= 0.3 is 5.69 Å². The second-order valence-corrected chi connectivity index (χ2v) is 4.37. The molecular formula is C10H17N7O3. The first kappa shape index (κ1) is 15.6. The maximum Gasteiger partial charge on any atom is 0.354 e. The van der Waals surface area contributed by atoms with Gasteiger partial charge in [0.05, 0.1) is 11.5 Å². The van der Waals surface area contributed by atoms with Crippen LogP contribution >= 0.6 is 0 Å². The van der Waals surface area contributed by atoms with Crippen LogP contribution in [0.4, 0.5) is 17.3 Å². The molecule has 110 valence electrons. The van der Waals surface area contributed by atoms with Crippen molar-refractivity contribution in [3.63, 3.8) is 0 Å². The molecule has 0 aromatic carbocycles. The second kappa shape index (κ2) is 7.19. The molecule has 0 aliphatic heterocycles. The van der Waals surface area contributed by atoms with Crippen LogP contribution in [-0.2, 0) is 4.79 Å². The summed E-state index contributed by atoms with van der Waals surface area (Å²) in [5, 5.41) is 16.2. The molecule has 1 rings (SSSR count). The molecule has 0 saturated carbocycles. The van der Waals surface area contributed by atoms with Gasteiger partial charge in [-0.2, -0.15) is 0 Å². The Labute approximate surface area is 115 Å². The zero-order chi connectivity index (χ0) is 15.1.